The van der Waals surface area contributed by atoms with Gasteiger partial charge in [0.1, 0.15) is 0 Å². The molecule has 0 heteroatoms. The minimum atomic E-state index is 1.10. The Bertz CT molecular complexity index is 3320. The van der Waals surface area contributed by atoms with Crippen LogP contribution in [0, 0.1) is 111 Å². The number of hydrogen-bond donors (Lipinski definition) is 0. The maximum Gasteiger partial charge on any atom is -0.00106 e. The van der Waals surface area contributed by atoms with Crippen LogP contribution in [-0.2, 0) is 25.7 Å². The lowest BCUT2D eigenvalue weighted by atomic mass is 9.96. The van der Waals surface area contributed by atoms with Crippen LogP contribution < -0.4 is 0 Å². The van der Waals surface area contributed by atoms with Crippen LogP contribution in [0.4, 0.5) is 0 Å². The lowest BCUT2D eigenvalue weighted by molar-refractivity contribution is 1.19. The first-order chi connectivity index (χ1) is 32.3. The van der Waals surface area contributed by atoms with E-state index in [9.17, 15) is 0 Å². The summed E-state index contributed by atoms with van der Waals surface area (Å²) in [5, 5.41) is 0. The van der Waals surface area contributed by atoms with Crippen molar-refractivity contribution in [2.24, 2.45) is 0 Å². The summed E-state index contributed by atoms with van der Waals surface area (Å²) >= 11 is 0. The van der Waals surface area contributed by atoms with Crippen molar-refractivity contribution in [1.82, 2.24) is 0 Å². The topological polar surface area (TPSA) is 0 Å². The molecule has 0 amide bonds. The Morgan fingerprint density at radius 3 is 1.06 bits per heavy atom. The molecule has 0 atom stereocenters. The summed E-state index contributed by atoms with van der Waals surface area (Å²) in [5.74, 6) is 0. The molecule has 8 aromatic carbocycles. The monoisotopic (exact) mass is 889 g/mol. The zero-order chi connectivity index (χ0) is 48.6. The number of hydrogen-bond acceptors (Lipinski definition) is 0. The predicted octanol–water partition coefficient (Wildman–Crippen LogP) is 18.0. The van der Waals surface area contributed by atoms with Gasteiger partial charge in [0.25, 0.3) is 0 Å². The van der Waals surface area contributed by atoms with Gasteiger partial charge in [0.05, 0.1) is 0 Å². The zero-order valence-electron chi connectivity index (χ0n) is 44.1. The molecule has 0 saturated heterocycles. The second kappa shape index (κ2) is 18.0. The first-order valence-electron chi connectivity index (χ1n) is 25.1. The third kappa shape index (κ3) is 8.62. The van der Waals surface area contributed by atoms with Crippen molar-refractivity contribution in [2.75, 3.05) is 0 Å². The van der Waals surface area contributed by atoms with Crippen LogP contribution in [0.5, 0.6) is 0 Å². The Kier molecular flexibility index (Phi) is 12.4. The molecule has 0 radical (unpaired) electrons. The van der Waals surface area contributed by atoms with Crippen LogP contribution in [0.2, 0.25) is 0 Å². The standard InChI is InChI=1S/4C17H18/c1-10-5-14-9-15-6-11(2)13(4)8-17(15)16(14)7-12(10)3;1-10-5-13(4)15-9-14-7-11(2)12(3)8-16(14)17(15)6-10;1-10-5-13(4)17-15(6-10)9-14-7-11(2)12(3)8-16(14)17;1-10-5-6-11(2)17-15(10)9-14-7-12(3)13(4)8-16(14)17/h4*5-8H,9H2,1-4H3. The van der Waals surface area contributed by atoms with Crippen molar-refractivity contribution in [3.8, 4) is 44.5 Å². The molecule has 4 aliphatic carbocycles. The van der Waals surface area contributed by atoms with Gasteiger partial charge >= 0.3 is 0 Å². The molecule has 0 N–H and O–H groups in total. The summed E-state index contributed by atoms with van der Waals surface area (Å²) in [5.41, 5.74) is 46.2. The van der Waals surface area contributed by atoms with E-state index in [-0.39, 0.29) is 0 Å². The van der Waals surface area contributed by atoms with Crippen molar-refractivity contribution in [2.45, 2.75) is 136 Å². The van der Waals surface area contributed by atoms with Crippen LogP contribution in [0.3, 0.4) is 0 Å². The first-order valence-corrected chi connectivity index (χ1v) is 25.1. The van der Waals surface area contributed by atoms with Crippen LogP contribution in [-0.4, -0.2) is 0 Å². The molecule has 68 heavy (non-hydrogen) atoms. The third-order valence-corrected chi connectivity index (χ3v) is 16.1. The number of rotatable bonds is 0. The van der Waals surface area contributed by atoms with Gasteiger partial charge in [0.15, 0.2) is 0 Å². The molecular weight excluding hydrogens is 817 g/mol. The average Bonchev–Trinajstić information content (AvgIpc) is 4.02. The molecule has 0 nitrogen and oxygen atoms in total. The summed E-state index contributed by atoms with van der Waals surface area (Å²) in [6.45, 7) is 35.3. The fraction of sp³-hybridized carbons (Fsp3) is 0.294. The van der Waals surface area contributed by atoms with Gasteiger partial charge in [-0.3, -0.25) is 0 Å². The van der Waals surface area contributed by atoms with Gasteiger partial charge in [-0.05, 0) is 303 Å². The lowest BCUT2D eigenvalue weighted by Crippen LogP contribution is -1.88. The van der Waals surface area contributed by atoms with Gasteiger partial charge in [-0.1, -0.05) is 108 Å². The fourth-order valence-corrected chi connectivity index (χ4v) is 11.6. The van der Waals surface area contributed by atoms with Crippen LogP contribution in [0.25, 0.3) is 44.5 Å². The van der Waals surface area contributed by atoms with Gasteiger partial charge in [0.2, 0.25) is 0 Å². The van der Waals surface area contributed by atoms with Crippen molar-refractivity contribution >= 4 is 0 Å². The summed E-state index contributed by atoms with van der Waals surface area (Å²) in [6.07, 6.45) is 4.43. The van der Waals surface area contributed by atoms with Gasteiger partial charge in [-0.15, -0.1) is 0 Å². The largest absolute Gasteiger partial charge is 0.0587 e. The Balaban J connectivity index is 0.000000113. The quantitative estimate of drug-likeness (QED) is 0.142. The zero-order valence-corrected chi connectivity index (χ0v) is 44.1. The molecule has 0 saturated carbocycles. The van der Waals surface area contributed by atoms with Crippen molar-refractivity contribution < 1.29 is 0 Å². The van der Waals surface area contributed by atoms with Crippen molar-refractivity contribution in [1.29, 1.82) is 0 Å². The number of fused-ring (bicyclic) bond motifs is 12. The summed E-state index contributed by atoms with van der Waals surface area (Å²) in [4.78, 5) is 0. The molecular formula is C68H72. The van der Waals surface area contributed by atoms with E-state index >= 15 is 0 Å². The maximum absolute atomic E-state index is 2.36. The summed E-state index contributed by atoms with van der Waals surface area (Å²) < 4.78 is 0. The molecule has 4 aliphatic rings. The third-order valence-electron chi connectivity index (χ3n) is 16.1. The van der Waals surface area contributed by atoms with Crippen LogP contribution in [0.15, 0.2) is 97.1 Å². The van der Waals surface area contributed by atoms with E-state index in [1.807, 2.05) is 0 Å². The maximum atomic E-state index is 2.36. The Morgan fingerprint density at radius 1 is 0.206 bits per heavy atom. The minimum Gasteiger partial charge on any atom is -0.0587 e. The van der Waals surface area contributed by atoms with E-state index < -0.39 is 0 Å². The molecule has 344 valence electrons. The molecule has 0 spiro atoms. The molecule has 8 aromatic rings. The number of aryl methyl sites for hydroxylation is 16. The SMILES string of the molecule is Cc1cc(C)c2c(c1)-c1cc(C)c(C)cc1C2.Cc1cc(C)c2c(c1)Cc1cc(C)c(C)cc1-2.Cc1cc2c(cc1C)-c1c(C)ccc(C)c1C2.Cc1cc2c(cc1C)-c1cc(C)c(C)cc1C2. The Labute approximate surface area is 409 Å². The highest BCUT2D eigenvalue weighted by Gasteiger charge is 2.25. The van der Waals surface area contributed by atoms with E-state index in [0.29, 0.717) is 0 Å². The van der Waals surface area contributed by atoms with Crippen molar-refractivity contribution in [3.63, 3.8) is 0 Å². The molecule has 0 unspecified atom stereocenters. The smallest absolute Gasteiger partial charge is 0.00106 e. The summed E-state index contributed by atoms with van der Waals surface area (Å²) in [6, 6.07) is 37.3. The molecule has 0 bridgehead atoms. The fourth-order valence-electron chi connectivity index (χ4n) is 11.6. The van der Waals surface area contributed by atoms with E-state index in [1.165, 1.54) is 178 Å². The second-order valence-corrected chi connectivity index (χ2v) is 21.5. The van der Waals surface area contributed by atoms with E-state index in [2.05, 4.69) is 208 Å². The van der Waals surface area contributed by atoms with Crippen LogP contribution in [0.1, 0.15) is 134 Å². The molecule has 0 aromatic heterocycles. The van der Waals surface area contributed by atoms with Gasteiger partial charge in [-0.2, -0.15) is 0 Å². The first kappa shape index (κ1) is 46.9. The molecule has 0 fully saturated rings. The van der Waals surface area contributed by atoms with E-state index in [1.54, 1.807) is 0 Å². The van der Waals surface area contributed by atoms with Gasteiger partial charge < -0.3 is 0 Å². The van der Waals surface area contributed by atoms with Gasteiger partial charge in [-0.25, -0.2) is 0 Å². The van der Waals surface area contributed by atoms with E-state index in [4.69, 9.17) is 0 Å². The Morgan fingerprint density at radius 2 is 0.544 bits per heavy atom. The highest BCUT2D eigenvalue weighted by Crippen LogP contribution is 2.44. The Hall–Kier alpha value is -6.24. The normalized spacial score (nSPS) is 12.5. The second-order valence-electron chi connectivity index (χ2n) is 21.5. The lowest BCUT2D eigenvalue weighted by Gasteiger charge is -2.09. The molecule has 12 rings (SSSR count). The minimum absolute atomic E-state index is 1.10. The van der Waals surface area contributed by atoms with Crippen LogP contribution >= 0.6 is 0 Å². The average molecular weight is 889 g/mol. The predicted molar refractivity (Wildman–Crippen MR) is 295 cm³/mol. The summed E-state index contributed by atoms with van der Waals surface area (Å²) in [7, 11) is 0. The van der Waals surface area contributed by atoms with E-state index in [0.717, 1.165) is 25.7 Å². The van der Waals surface area contributed by atoms with Crippen molar-refractivity contribution in [3.05, 3.63) is 231 Å². The highest BCUT2D eigenvalue weighted by molar-refractivity contribution is 5.83. The number of benzene rings is 8. The van der Waals surface area contributed by atoms with Gasteiger partial charge in [0, 0.05) is 0 Å². The molecule has 0 aliphatic heterocycles. The molecule has 0 heterocycles. The highest BCUT2D eigenvalue weighted by atomic mass is 14.3.